The number of aromatic nitrogens is 3. The van der Waals surface area contributed by atoms with Crippen LogP contribution in [0.15, 0.2) is 45.9 Å². The minimum absolute atomic E-state index is 0.0252. The second kappa shape index (κ2) is 11.4. The molecule has 1 unspecified atom stereocenters. The zero-order chi connectivity index (χ0) is 28.6. The highest BCUT2D eigenvalue weighted by Crippen LogP contribution is 2.43. The molecule has 10 heteroatoms. The molecular weight excluding hydrogens is 542 g/mol. The van der Waals surface area contributed by atoms with Crippen molar-refractivity contribution in [2.24, 2.45) is 5.92 Å². The van der Waals surface area contributed by atoms with Gasteiger partial charge in [0.1, 0.15) is 28.0 Å². The molecule has 4 aromatic rings. The molecule has 2 fully saturated rings. The molecule has 1 saturated carbocycles. The Morgan fingerprint density at radius 3 is 2.68 bits per heavy atom. The minimum Gasteiger partial charge on any atom is -0.496 e. The van der Waals surface area contributed by atoms with Crippen LogP contribution in [0.1, 0.15) is 67.7 Å². The molecule has 1 N–H and O–H groups in total. The quantitative estimate of drug-likeness (QED) is 0.260. The van der Waals surface area contributed by atoms with Crippen molar-refractivity contribution >= 4 is 27.5 Å². The molecule has 3 aromatic heterocycles. The molecule has 4 heterocycles. The molecule has 9 nitrogen and oxygen atoms in total. The number of carbonyl (C=O) groups is 1. The first-order valence-electron chi connectivity index (χ1n) is 14.3. The van der Waals surface area contributed by atoms with Crippen LogP contribution >= 0.6 is 11.3 Å². The van der Waals surface area contributed by atoms with E-state index >= 15 is 0 Å². The Morgan fingerprint density at radius 1 is 1.24 bits per heavy atom. The summed E-state index contributed by atoms with van der Waals surface area (Å²) in [5, 5.41) is 15.9. The Kier molecular flexibility index (Phi) is 7.70. The number of thiophene rings is 1. The lowest BCUT2D eigenvalue weighted by Crippen LogP contribution is -2.40. The van der Waals surface area contributed by atoms with Gasteiger partial charge in [-0.05, 0) is 62.1 Å². The van der Waals surface area contributed by atoms with Gasteiger partial charge in [-0.1, -0.05) is 31.0 Å². The highest BCUT2D eigenvalue weighted by molar-refractivity contribution is 7.22. The third-order valence-electron chi connectivity index (χ3n) is 8.90. The summed E-state index contributed by atoms with van der Waals surface area (Å²) in [5.74, 6) is 0.768. The predicted octanol–water partition coefficient (Wildman–Crippen LogP) is 5.93. The molecule has 0 radical (unpaired) electrons. The Labute approximate surface area is 242 Å². The Bertz CT molecular complexity index is 1600. The van der Waals surface area contributed by atoms with Gasteiger partial charge in [0, 0.05) is 25.7 Å². The van der Waals surface area contributed by atoms with E-state index in [0.29, 0.717) is 41.4 Å². The van der Waals surface area contributed by atoms with E-state index in [2.05, 4.69) is 11.1 Å². The SMILES string of the molecule is COc1ccccc1C(CC1CCOCC1)Cn1nc(C2(C(=O)O)CCCC2)c(=O)c2c(C)c(-c3ncco3)sc21. The number of nitrogens with zero attached hydrogens (tertiary/aromatic N) is 3. The summed E-state index contributed by atoms with van der Waals surface area (Å²) in [4.78, 5) is 32.7. The number of hydrogen-bond acceptors (Lipinski definition) is 8. The maximum absolute atomic E-state index is 14.1. The number of carboxylic acid groups (broad SMARTS) is 1. The number of oxazole rings is 1. The van der Waals surface area contributed by atoms with Crippen molar-refractivity contribution in [3.63, 3.8) is 0 Å². The number of hydrogen-bond donors (Lipinski definition) is 1. The van der Waals surface area contributed by atoms with Crippen LogP contribution in [0.2, 0.25) is 0 Å². The Balaban J connectivity index is 1.55. The standard InChI is InChI=1S/C31H35N3O6S/c1-19-24-25(35)27(31(30(36)37)11-5-6-12-31)33-34(29(24)41-26(19)28-32-13-16-40-28)18-21(17-20-9-14-39-15-10-20)22-7-3-4-8-23(22)38-2/h3-4,7-8,13,16,20-21H,5-6,9-12,14-15,17-18H2,1-2H3,(H,36,37). The molecule has 0 bridgehead atoms. The maximum atomic E-state index is 14.1. The largest absolute Gasteiger partial charge is 0.496 e. The molecule has 41 heavy (non-hydrogen) atoms. The van der Waals surface area contributed by atoms with Crippen LogP contribution in [0.3, 0.4) is 0 Å². The fourth-order valence-corrected chi connectivity index (χ4v) is 7.89. The normalized spacial score (nSPS) is 18.1. The smallest absolute Gasteiger partial charge is 0.315 e. The number of carboxylic acids is 1. The monoisotopic (exact) mass is 577 g/mol. The number of rotatable bonds is 9. The zero-order valence-corrected chi connectivity index (χ0v) is 24.2. The first-order chi connectivity index (χ1) is 19.9. The van der Waals surface area contributed by atoms with Gasteiger partial charge in [0.05, 0.1) is 23.6 Å². The van der Waals surface area contributed by atoms with E-state index in [4.69, 9.17) is 19.0 Å². The summed E-state index contributed by atoms with van der Waals surface area (Å²) < 4.78 is 18.9. The number of fused-ring (bicyclic) bond motifs is 1. The predicted molar refractivity (Wildman–Crippen MR) is 156 cm³/mol. The topological polar surface area (TPSA) is 117 Å². The molecule has 1 aliphatic carbocycles. The Hall–Kier alpha value is -3.50. The number of methoxy groups -OCH3 is 1. The van der Waals surface area contributed by atoms with Crippen molar-refractivity contribution in [2.45, 2.75) is 69.7 Å². The first kappa shape index (κ1) is 27.7. The molecule has 216 valence electrons. The zero-order valence-electron chi connectivity index (χ0n) is 23.4. The summed E-state index contributed by atoms with van der Waals surface area (Å²) in [7, 11) is 1.68. The van der Waals surface area contributed by atoms with Crippen LogP contribution in [-0.4, -0.2) is 46.2 Å². The molecule has 1 aliphatic heterocycles. The van der Waals surface area contributed by atoms with E-state index < -0.39 is 11.4 Å². The van der Waals surface area contributed by atoms with Crippen molar-refractivity contribution in [1.29, 1.82) is 0 Å². The number of para-hydroxylation sites is 1. The molecule has 6 rings (SSSR count). The van der Waals surface area contributed by atoms with Gasteiger partial charge in [0.25, 0.3) is 0 Å². The fourth-order valence-electron chi connectivity index (χ4n) is 6.68. The van der Waals surface area contributed by atoms with E-state index in [-0.39, 0.29) is 17.0 Å². The molecule has 2 aliphatic rings. The lowest BCUT2D eigenvalue weighted by Gasteiger charge is -2.29. The van der Waals surface area contributed by atoms with Crippen molar-refractivity contribution < 1.29 is 23.8 Å². The molecule has 1 atom stereocenters. The molecule has 0 spiro atoms. The number of ether oxygens (including phenoxy) is 2. The van der Waals surface area contributed by atoms with Crippen LogP contribution in [-0.2, 0) is 21.5 Å². The lowest BCUT2D eigenvalue weighted by molar-refractivity contribution is -0.143. The van der Waals surface area contributed by atoms with Crippen LogP contribution < -0.4 is 10.2 Å². The van der Waals surface area contributed by atoms with E-state index in [9.17, 15) is 14.7 Å². The van der Waals surface area contributed by atoms with Crippen molar-refractivity contribution in [3.8, 4) is 16.5 Å². The Morgan fingerprint density at radius 2 is 2.00 bits per heavy atom. The summed E-state index contributed by atoms with van der Waals surface area (Å²) in [6.45, 7) is 3.86. The summed E-state index contributed by atoms with van der Waals surface area (Å²) in [6.07, 6.45) is 8.28. The second-order valence-electron chi connectivity index (χ2n) is 11.3. The molecule has 0 amide bonds. The van der Waals surface area contributed by atoms with Crippen LogP contribution in [0.4, 0.5) is 0 Å². The van der Waals surface area contributed by atoms with E-state index in [1.807, 2.05) is 29.8 Å². The van der Waals surface area contributed by atoms with Gasteiger partial charge < -0.3 is 19.0 Å². The van der Waals surface area contributed by atoms with Gasteiger partial charge in [-0.3, -0.25) is 14.3 Å². The van der Waals surface area contributed by atoms with Gasteiger partial charge in [0.15, 0.2) is 0 Å². The number of aryl methyl sites for hydroxylation is 1. The van der Waals surface area contributed by atoms with Gasteiger partial charge >= 0.3 is 5.97 Å². The average molecular weight is 578 g/mol. The second-order valence-corrected chi connectivity index (χ2v) is 12.3. The van der Waals surface area contributed by atoms with Gasteiger partial charge in [0.2, 0.25) is 11.3 Å². The van der Waals surface area contributed by atoms with Crippen LogP contribution in [0, 0.1) is 12.8 Å². The van der Waals surface area contributed by atoms with E-state index in [1.54, 1.807) is 13.3 Å². The molecule has 1 saturated heterocycles. The summed E-state index contributed by atoms with van der Waals surface area (Å²) in [5.41, 5.74) is 0.369. The average Bonchev–Trinajstić information content (AvgIpc) is 3.76. The van der Waals surface area contributed by atoms with E-state index in [1.165, 1.54) is 17.6 Å². The van der Waals surface area contributed by atoms with Gasteiger partial charge in [-0.15, -0.1) is 11.3 Å². The molecule has 1 aromatic carbocycles. The number of aliphatic carboxylic acids is 1. The highest BCUT2D eigenvalue weighted by atomic mass is 32.1. The van der Waals surface area contributed by atoms with Gasteiger partial charge in [-0.25, -0.2) is 4.98 Å². The van der Waals surface area contributed by atoms with E-state index in [0.717, 1.165) is 67.1 Å². The third kappa shape index (κ3) is 4.97. The van der Waals surface area contributed by atoms with Crippen molar-refractivity contribution in [2.75, 3.05) is 20.3 Å². The summed E-state index contributed by atoms with van der Waals surface area (Å²) >= 11 is 1.42. The third-order valence-corrected chi connectivity index (χ3v) is 10.2. The van der Waals surface area contributed by atoms with Gasteiger partial charge in [-0.2, -0.15) is 5.10 Å². The fraction of sp³-hybridized carbons (Fsp3) is 0.484. The van der Waals surface area contributed by atoms with Crippen LogP contribution in [0.25, 0.3) is 21.0 Å². The maximum Gasteiger partial charge on any atom is 0.315 e. The summed E-state index contributed by atoms with van der Waals surface area (Å²) in [6, 6.07) is 8.05. The van der Waals surface area contributed by atoms with Crippen LogP contribution in [0.5, 0.6) is 5.75 Å². The first-order valence-corrected chi connectivity index (χ1v) is 15.1. The lowest BCUT2D eigenvalue weighted by atomic mass is 9.82. The number of benzene rings is 1. The van der Waals surface area contributed by atoms with Crippen molar-refractivity contribution in [3.05, 3.63) is 63.8 Å². The highest BCUT2D eigenvalue weighted by Gasteiger charge is 2.47. The molecular formula is C31H35N3O6S. The van der Waals surface area contributed by atoms with Crippen molar-refractivity contribution in [1.82, 2.24) is 14.8 Å². The minimum atomic E-state index is -1.29.